The first-order chi connectivity index (χ1) is 12.1. The molecule has 4 aliphatic rings. The van der Waals surface area contributed by atoms with E-state index in [1.54, 1.807) is 0 Å². The molecule has 0 saturated heterocycles. The monoisotopic (exact) mass is 360 g/mol. The molecule has 4 nitrogen and oxygen atoms in total. The van der Waals surface area contributed by atoms with Gasteiger partial charge in [-0.25, -0.2) is 0 Å². The molecule has 0 aromatic carbocycles. The molecule has 0 radical (unpaired) electrons. The van der Waals surface area contributed by atoms with Crippen molar-refractivity contribution in [2.24, 2.45) is 34.5 Å². The molecule has 0 spiro atoms. The zero-order valence-electron chi connectivity index (χ0n) is 16.4. The third kappa shape index (κ3) is 2.03. The van der Waals surface area contributed by atoms with E-state index in [1.807, 2.05) is 19.9 Å². The highest BCUT2D eigenvalue weighted by molar-refractivity contribution is 5.91. The average molecular weight is 360 g/mol. The Morgan fingerprint density at radius 3 is 2.62 bits per heavy atom. The minimum Gasteiger partial charge on any atom is -0.393 e. The smallest absolute Gasteiger partial charge is 0.162 e. The van der Waals surface area contributed by atoms with Crippen molar-refractivity contribution in [1.82, 2.24) is 0 Å². The number of carbonyl (C=O) groups is 2. The molecule has 3 fully saturated rings. The van der Waals surface area contributed by atoms with Crippen molar-refractivity contribution >= 4 is 11.6 Å². The lowest BCUT2D eigenvalue weighted by molar-refractivity contribution is -0.183. The lowest BCUT2D eigenvalue weighted by Crippen LogP contribution is -2.62. The van der Waals surface area contributed by atoms with E-state index in [1.165, 1.54) is 12.5 Å². The Labute approximate surface area is 156 Å². The van der Waals surface area contributed by atoms with Gasteiger partial charge in [-0.1, -0.05) is 26.3 Å². The van der Waals surface area contributed by atoms with Gasteiger partial charge in [-0.15, -0.1) is 0 Å². The summed E-state index contributed by atoms with van der Waals surface area (Å²) in [5.74, 6) is 0.637. The van der Waals surface area contributed by atoms with Crippen molar-refractivity contribution < 1.29 is 19.8 Å². The van der Waals surface area contributed by atoms with Gasteiger partial charge < -0.3 is 10.2 Å². The second-order valence-corrected chi connectivity index (χ2v) is 10.0. The maximum absolute atomic E-state index is 12.5. The van der Waals surface area contributed by atoms with Crippen LogP contribution < -0.4 is 0 Å². The van der Waals surface area contributed by atoms with Crippen LogP contribution in [0.1, 0.15) is 66.2 Å². The molecular weight excluding hydrogens is 328 g/mol. The van der Waals surface area contributed by atoms with Crippen molar-refractivity contribution in [2.45, 2.75) is 77.9 Å². The number of hydrogen-bond donors (Lipinski definition) is 2. The Bertz CT molecular complexity index is 696. The second kappa shape index (κ2) is 5.51. The summed E-state index contributed by atoms with van der Waals surface area (Å²) in [6, 6.07) is 0. The average Bonchev–Trinajstić information content (AvgIpc) is 2.76. The number of carbonyl (C=O) groups excluding carboxylic acids is 2. The van der Waals surface area contributed by atoms with Crippen LogP contribution in [0.2, 0.25) is 0 Å². The number of rotatable bonds is 1. The molecule has 0 heterocycles. The van der Waals surface area contributed by atoms with Gasteiger partial charge in [0.1, 0.15) is 5.60 Å². The fourth-order valence-corrected chi connectivity index (χ4v) is 7.77. The fourth-order valence-electron chi connectivity index (χ4n) is 7.77. The van der Waals surface area contributed by atoms with Gasteiger partial charge in [0.15, 0.2) is 11.6 Å². The predicted molar refractivity (Wildman–Crippen MR) is 98.3 cm³/mol. The van der Waals surface area contributed by atoms with Crippen LogP contribution >= 0.6 is 0 Å². The Kier molecular flexibility index (Phi) is 3.89. The largest absolute Gasteiger partial charge is 0.393 e. The standard InChI is InChI=1S/C22H32O4/c1-12-9-17-16-6-5-14-10-15(24)7-8-20(14,3)19(16)18(25)11-21(17,4)22(12,26)13(2)23/h10,12,16-19,25-26H,5-9,11H2,1-4H3/t12-,16-,17-,18-,19+,20-,21-,22-/m0/s1. The number of allylic oxidation sites excluding steroid dienone is 1. The molecule has 4 rings (SSSR count). The van der Waals surface area contributed by atoms with Crippen LogP contribution in [-0.2, 0) is 9.59 Å². The number of fused-ring (bicyclic) bond motifs is 5. The van der Waals surface area contributed by atoms with E-state index in [9.17, 15) is 19.8 Å². The molecule has 4 heteroatoms. The first kappa shape index (κ1) is 18.4. The summed E-state index contributed by atoms with van der Waals surface area (Å²) in [5.41, 5.74) is -0.826. The van der Waals surface area contributed by atoms with Crippen LogP contribution in [0.4, 0.5) is 0 Å². The lowest BCUT2D eigenvalue weighted by atomic mass is 9.45. The van der Waals surface area contributed by atoms with E-state index in [0.29, 0.717) is 18.8 Å². The SMILES string of the molecule is CC(=O)[C@@]1(O)[C@@H](C)C[C@H]2[C@@H]3CCC4=CC(=O)CC[C@]4(C)[C@H]3[C@@H](O)C[C@@]21C. The van der Waals surface area contributed by atoms with Gasteiger partial charge in [0.2, 0.25) is 0 Å². The minimum absolute atomic E-state index is 0.0846. The van der Waals surface area contributed by atoms with Gasteiger partial charge in [-0.3, -0.25) is 9.59 Å². The minimum atomic E-state index is -1.34. The summed E-state index contributed by atoms with van der Waals surface area (Å²) in [6.07, 6.45) is 5.82. The maximum atomic E-state index is 12.5. The molecule has 4 aliphatic carbocycles. The van der Waals surface area contributed by atoms with Gasteiger partial charge >= 0.3 is 0 Å². The summed E-state index contributed by atoms with van der Waals surface area (Å²) in [6.45, 7) is 7.74. The molecule has 0 aliphatic heterocycles. The van der Waals surface area contributed by atoms with E-state index in [0.717, 1.165) is 25.7 Å². The van der Waals surface area contributed by atoms with Crippen molar-refractivity contribution in [3.8, 4) is 0 Å². The highest BCUT2D eigenvalue weighted by Crippen LogP contribution is 2.68. The Balaban J connectivity index is 1.78. The van der Waals surface area contributed by atoms with Crippen LogP contribution in [0, 0.1) is 34.5 Å². The number of Topliss-reactive ketones (excluding diaryl/α,β-unsaturated/α-hetero) is 1. The summed E-state index contributed by atoms with van der Waals surface area (Å²) >= 11 is 0. The lowest BCUT2D eigenvalue weighted by Gasteiger charge is -2.60. The number of aliphatic hydroxyl groups excluding tert-OH is 1. The molecule has 26 heavy (non-hydrogen) atoms. The second-order valence-electron chi connectivity index (χ2n) is 10.0. The third-order valence-corrected chi connectivity index (χ3v) is 9.01. The van der Waals surface area contributed by atoms with Crippen molar-refractivity contribution in [3.05, 3.63) is 11.6 Å². The van der Waals surface area contributed by atoms with E-state index in [4.69, 9.17) is 0 Å². The van der Waals surface area contributed by atoms with Gasteiger partial charge in [0, 0.05) is 11.8 Å². The normalized spacial score (nSPS) is 53.4. The number of aliphatic hydroxyl groups is 2. The molecule has 8 atom stereocenters. The van der Waals surface area contributed by atoms with Crippen molar-refractivity contribution in [3.63, 3.8) is 0 Å². The molecular formula is C22H32O4. The van der Waals surface area contributed by atoms with Gasteiger partial charge in [-0.2, -0.15) is 0 Å². The zero-order valence-corrected chi connectivity index (χ0v) is 16.4. The molecule has 0 aromatic heterocycles. The van der Waals surface area contributed by atoms with E-state index in [2.05, 4.69) is 6.92 Å². The first-order valence-electron chi connectivity index (χ1n) is 10.2. The van der Waals surface area contributed by atoms with Crippen molar-refractivity contribution in [2.75, 3.05) is 0 Å². The summed E-state index contributed by atoms with van der Waals surface area (Å²) < 4.78 is 0. The quantitative estimate of drug-likeness (QED) is 0.754. The van der Waals surface area contributed by atoms with Gasteiger partial charge in [0.25, 0.3) is 0 Å². The van der Waals surface area contributed by atoms with Crippen molar-refractivity contribution in [1.29, 1.82) is 0 Å². The predicted octanol–water partition coefficient (Wildman–Crippen LogP) is 3.06. The fraction of sp³-hybridized carbons (Fsp3) is 0.818. The van der Waals surface area contributed by atoms with Crippen LogP contribution in [-0.4, -0.2) is 33.5 Å². The van der Waals surface area contributed by atoms with Crippen LogP contribution in [0.5, 0.6) is 0 Å². The van der Waals surface area contributed by atoms with Crippen LogP contribution in [0.3, 0.4) is 0 Å². The molecule has 0 aromatic rings. The molecule has 0 bridgehead atoms. The summed E-state index contributed by atoms with van der Waals surface area (Å²) in [4.78, 5) is 24.4. The Morgan fingerprint density at radius 1 is 1.27 bits per heavy atom. The van der Waals surface area contributed by atoms with Gasteiger partial charge in [-0.05, 0) is 74.2 Å². The Hall–Kier alpha value is -1.00. The molecule has 0 amide bonds. The first-order valence-corrected chi connectivity index (χ1v) is 10.2. The van der Waals surface area contributed by atoms with E-state index in [-0.39, 0.29) is 34.7 Å². The summed E-state index contributed by atoms with van der Waals surface area (Å²) in [5, 5.41) is 22.7. The highest BCUT2D eigenvalue weighted by Gasteiger charge is 2.69. The molecule has 0 unspecified atom stereocenters. The summed E-state index contributed by atoms with van der Waals surface area (Å²) in [7, 11) is 0. The highest BCUT2D eigenvalue weighted by atomic mass is 16.3. The molecule has 3 saturated carbocycles. The molecule has 144 valence electrons. The maximum Gasteiger partial charge on any atom is 0.162 e. The number of ketones is 2. The van der Waals surface area contributed by atoms with Gasteiger partial charge in [0.05, 0.1) is 6.10 Å². The van der Waals surface area contributed by atoms with E-state index < -0.39 is 17.1 Å². The zero-order chi connectivity index (χ0) is 19.1. The van der Waals surface area contributed by atoms with E-state index >= 15 is 0 Å². The number of hydrogen-bond acceptors (Lipinski definition) is 4. The Morgan fingerprint density at radius 2 is 1.96 bits per heavy atom. The third-order valence-electron chi connectivity index (χ3n) is 9.01. The molecule has 2 N–H and O–H groups in total. The topological polar surface area (TPSA) is 74.6 Å². The van der Waals surface area contributed by atoms with Crippen LogP contribution in [0.25, 0.3) is 0 Å². The van der Waals surface area contributed by atoms with Crippen LogP contribution in [0.15, 0.2) is 11.6 Å².